The van der Waals surface area contributed by atoms with Gasteiger partial charge in [-0.25, -0.2) is 0 Å². The summed E-state index contributed by atoms with van der Waals surface area (Å²) < 4.78 is 10.8. The second-order valence-electron chi connectivity index (χ2n) is 4.96. The first-order valence-electron chi connectivity index (χ1n) is 6.14. The zero-order valence-electron chi connectivity index (χ0n) is 10.9. The van der Waals surface area contributed by atoms with Crippen LogP contribution in [0.2, 0.25) is 0 Å². The summed E-state index contributed by atoms with van der Waals surface area (Å²) >= 11 is 0. The van der Waals surface area contributed by atoms with E-state index in [4.69, 9.17) is 15.2 Å². The van der Waals surface area contributed by atoms with Crippen molar-refractivity contribution in [3.63, 3.8) is 0 Å². The summed E-state index contributed by atoms with van der Waals surface area (Å²) in [6.07, 6.45) is 3.72. The highest BCUT2D eigenvalue weighted by Gasteiger charge is 2.30. The Morgan fingerprint density at radius 2 is 2.31 bits per heavy atom. The fourth-order valence-electron chi connectivity index (χ4n) is 2.08. The molecule has 2 N–H and O–H groups in total. The molecule has 1 saturated heterocycles. The van der Waals surface area contributed by atoms with Crippen LogP contribution >= 0.6 is 0 Å². The minimum atomic E-state index is 0.0158. The average Bonchev–Trinajstić information content (AvgIpc) is 2.78. The van der Waals surface area contributed by atoms with Crippen molar-refractivity contribution >= 4 is 0 Å². The summed E-state index contributed by atoms with van der Waals surface area (Å²) in [6.45, 7) is 5.48. The Morgan fingerprint density at radius 1 is 1.56 bits per heavy atom. The van der Waals surface area contributed by atoms with Crippen LogP contribution in [-0.2, 0) is 9.47 Å². The van der Waals surface area contributed by atoms with Crippen LogP contribution in [0, 0.1) is 0 Å². The molecule has 1 aliphatic rings. The Morgan fingerprint density at radius 3 is 2.81 bits per heavy atom. The molecule has 0 aromatic rings. The van der Waals surface area contributed by atoms with Crippen molar-refractivity contribution in [2.24, 2.45) is 5.73 Å². The van der Waals surface area contributed by atoms with Crippen molar-refractivity contribution in [1.29, 1.82) is 0 Å². The van der Waals surface area contributed by atoms with Gasteiger partial charge in [0.05, 0.1) is 6.10 Å². The Labute approximate surface area is 99.1 Å². The number of ether oxygens (including phenoxy) is 2. The van der Waals surface area contributed by atoms with Gasteiger partial charge >= 0.3 is 0 Å². The maximum atomic E-state index is 5.88. The molecule has 0 amide bonds. The van der Waals surface area contributed by atoms with Crippen LogP contribution in [0.25, 0.3) is 0 Å². The second-order valence-corrected chi connectivity index (χ2v) is 4.96. The van der Waals surface area contributed by atoms with Crippen LogP contribution in [0.5, 0.6) is 0 Å². The van der Waals surface area contributed by atoms with Crippen LogP contribution in [0.4, 0.5) is 0 Å². The molecule has 1 fully saturated rings. The normalized spacial score (nSPS) is 24.9. The van der Waals surface area contributed by atoms with Gasteiger partial charge in [0.15, 0.2) is 0 Å². The fourth-order valence-corrected chi connectivity index (χ4v) is 2.08. The van der Waals surface area contributed by atoms with E-state index < -0.39 is 0 Å². The van der Waals surface area contributed by atoms with Crippen molar-refractivity contribution < 1.29 is 9.47 Å². The number of methoxy groups -OCH3 is 1. The van der Waals surface area contributed by atoms with E-state index in [2.05, 4.69) is 18.9 Å². The molecule has 0 radical (unpaired) electrons. The zero-order chi connectivity index (χ0) is 12.0. The summed E-state index contributed by atoms with van der Waals surface area (Å²) in [5, 5.41) is 0. The smallest absolute Gasteiger partial charge is 0.0702 e. The third-order valence-corrected chi connectivity index (χ3v) is 3.71. The molecule has 0 saturated carbocycles. The van der Waals surface area contributed by atoms with Gasteiger partial charge in [0, 0.05) is 39.0 Å². The van der Waals surface area contributed by atoms with Crippen LogP contribution in [0.1, 0.15) is 26.2 Å². The Balaban J connectivity index is 2.42. The monoisotopic (exact) mass is 230 g/mol. The molecule has 0 aromatic heterocycles. The quantitative estimate of drug-likeness (QED) is 0.704. The SMILES string of the molecule is COCCC(C)(CN)N(C)CC1CCCO1. The lowest BCUT2D eigenvalue weighted by Crippen LogP contribution is -2.52. The predicted molar refractivity (Wildman–Crippen MR) is 65.6 cm³/mol. The van der Waals surface area contributed by atoms with E-state index in [1.54, 1.807) is 7.11 Å². The molecular weight excluding hydrogens is 204 g/mol. The third-order valence-electron chi connectivity index (χ3n) is 3.71. The lowest BCUT2D eigenvalue weighted by Gasteiger charge is -2.39. The van der Waals surface area contributed by atoms with Gasteiger partial charge in [0.2, 0.25) is 0 Å². The van der Waals surface area contributed by atoms with E-state index in [0.29, 0.717) is 12.6 Å². The lowest BCUT2D eigenvalue weighted by atomic mass is 9.96. The van der Waals surface area contributed by atoms with E-state index in [-0.39, 0.29) is 5.54 Å². The highest BCUT2D eigenvalue weighted by atomic mass is 16.5. The molecule has 0 spiro atoms. The van der Waals surface area contributed by atoms with Crippen molar-refractivity contribution in [1.82, 2.24) is 4.90 Å². The van der Waals surface area contributed by atoms with E-state index in [1.807, 2.05) is 0 Å². The van der Waals surface area contributed by atoms with Crippen LogP contribution in [0.15, 0.2) is 0 Å². The second kappa shape index (κ2) is 6.55. The van der Waals surface area contributed by atoms with E-state index in [1.165, 1.54) is 12.8 Å². The van der Waals surface area contributed by atoms with Crippen LogP contribution < -0.4 is 5.73 Å². The average molecular weight is 230 g/mol. The van der Waals surface area contributed by atoms with Gasteiger partial charge in [0.25, 0.3) is 0 Å². The van der Waals surface area contributed by atoms with Gasteiger partial charge in [-0.2, -0.15) is 0 Å². The number of nitrogens with zero attached hydrogens (tertiary/aromatic N) is 1. The number of likely N-dealkylation sites (N-methyl/N-ethyl adjacent to an activating group) is 1. The molecular formula is C12H26N2O2. The highest BCUT2D eigenvalue weighted by Crippen LogP contribution is 2.20. The standard InChI is InChI=1S/C12H26N2O2/c1-12(10-13,6-8-15-3)14(2)9-11-5-4-7-16-11/h11H,4-10,13H2,1-3H3. The molecule has 0 bridgehead atoms. The van der Waals surface area contributed by atoms with Crippen LogP contribution in [-0.4, -0.2) is 57.0 Å². The molecule has 2 unspecified atom stereocenters. The minimum absolute atomic E-state index is 0.0158. The van der Waals surface area contributed by atoms with Crippen LogP contribution in [0.3, 0.4) is 0 Å². The van der Waals surface area contributed by atoms with Crippen molar-refractivity contribution in [3.8, 4) is 0 Å². The molecule has 96 valence electrons. The number of hydrogen-bond donors (Lipinski definition) is 1. The van der Waals surface area contributed by atoms with Crippen molar-refractivity contribution in [2.75, 3.05) is 40.5 Å². The van der Waals surface area contributed by atoms with Gasteiger partial charge in [0.1, 0.15) is 0 Å². The molecule has 4 heteroatoms. The predicted octanol–water partition coefficient (Wildman–Crippen LogP) is 0.851. The van der Waals surface area contributed by atoms with E-state index >= 15 is 0 Å². The molecule has 2 atom stereocenters. The number of nitrogens with two attached hydrogens (primary N) is 1. The zero-order valence-corrected chi connectivity index (χ0v) is 10.9. The van der Waals surface area contributed by atoms with Crippen molar-refractivity contribution in [2.45, 2.75) is 37.8 Å². The Kier molecular flexibility index (Phi) is 5.69. The first-order valence-corrected chi connectivity index (χ1v) is 6.14. The lowest BCUT2D eigenvalue weighted by molar-refractivity contribution is 0.0297. The third kappa shape index (κ3) is 3.70. The first kappa shape index (κ1) is 13.9. The summed E-state index contributed by atoms with van der Waals surface area (Å²) in [5.74, 6) is 0. The molecule has 1 heterocycles. The fraction of sp³-hybridized carbons (Fsp3) is 1.00. The molecule has 4 nitrogen and oxygen atoms in total. The molecule has 16 heavy (non-hydrogen) atoms. The molecule has 0 aromatic carbocycles. The van der Waals surface area contributed by atoms with E-state index in [0.717, 1.165) is 26.2 Å². The molecule has 1 aliphatic heterocycles. The van der Waals surface area contributed by atoms with E-state index in [9.17, 15) is 0 Å². The highest BCUT2D eigenvalue weighted by molar-refractivity contribution is 4.87. The summed E-state index contributed by atoms with van der Waals surface area (Å²) in [6, 6.07) is 0. The first-order chi connectivity index (χ1) is 7.62. The van der Waals surface area contributed by atoms with Gasteiger partial charge < -0.3 is 15.2 Å². The van der Waals surface area contributed by atoms with Gasteiger partial charge in [-0.15, -0.1) is 0 Å². The Hall–Kier alpha value is -0.160. The van der Waals surface area contributed by atoms with Crippen molar-refractivity contribution in [3.05, 3.63) is 0 Å². The summed E-state index contributed by atoms with van der Waals surface area (Å²) in [5.41, 5.74) is 5.90. The summed E-state index contributed by atoms with van der Waals surface area (Å²) in [4.78, 5) is 2.32. The molecule has 1 rings (SSSR count). The number of hydrogen-bond acceptors (Lipinski definition) is 4. The van der Waals surface area contributed by atoms with Gasteiger partial charge in [-0.05, 0) is 33.2 Å². The van der Waals surface area contributed by atoms with Gasteiger partial charge in [-0.3, -0.25) is 4.90 Å². The number of rotatable bonds is 7. The maximum absolute atomic E-state index is 5.88. The largest absolute Gasteiger partial charge is 0.385 e. The maximum Gasteiger partial charge on any atom is 0.0702 e. The van der Waals surface area contributed by atoms with Gasteiger partial charge in [-0.1, -0.05) is 0 Å². The minimum Gasteiger partial charge on any atom is -0.385 e. The Bertz CT molecular complexity index is 195. The summed E-state index contributed by atoms with van der Waals surface area (Å²) in [7, 11) is 3.86. The topological polar surface area (TPSA) is 47.7 Å². The molecule has 0 aliphatic carbocycles.